The van der Waals surface area contributed by atoms with Crippen LogP contribution >= 0.6 is 0 Å². The van der Waals surface area contributed by atoms with E-state index in [0.717, 1.165) is 46.3 Å². The largest absolute Gasteiger partial charge is 0.489 e. The lowest BCUT2D eigenvalue weighted by Gasteiger charge is -2.15. The molecule has 2 aromatic carbocycles. The van der Waals surface area contributed by atoms with Crippen LogP contribution in [0.5, 0.6) is 5.75 Å². The van der Waals surface area contributed by atoms with Crippen molar-refractivity contribution in [2.75, 3.05) is 11.9 Å². The maximum Gasteiger partial charge on any atom is 0.130 e. The highest BCUT2D eigenvalue weighted by atomic mass is 16.5. The van der Waals surface area contributed by atoms with E-state index in [1.165, 1.54) is 25.3 Å². The second kappa shape index (κ2) is 9.60. The molecule has 4 rings (SSSR count). The molecule has 160 valence electrons. The standard InChI is InChI=1S/C25H27N3O3/c1-17(29)12-23(24-10-11-31-28-24)20-6-8-22(9-7-20)30-16-19-4-5-21(14-26)25(13-19)27-15-18-2-3-18/h4-11,13-14,18,23,26-27H,2-3,12,15-16H2,1H3/t23-/m0/s1. The lowest BCUT2D eigenvalue weighted by atomic mass is 9.91. The van der Waals surface area contributed by atoms with Crippen LogP contribution in [0.1, 0.15) is 54.5 Å². The molecule has 6 nitrogen and oxygen atoms in total. The Morgan fingerprint density at radius 1 is 1.26 bits per heavy atom. The summed E-state index contributed by atoms with van der Waals surface area (Å²) in [5, 5.41) is 15.1. The van der Waals surface area contributed by atoms with Gasteiger partial charge in [-0.2, -0.15) is 0 Å². The number of benzene rings is 2. The molecule has 0 amide bonds. The van der Waals surface area contributed by atoms with Crippen LogP contribution in [0, 0.1) is 11.3 Å². The second-order valence-corrected chi connectivity index (χ2v) is 8.13. The topological polar surface area (TPSA) is 88.2 Å². The van der Waals surface area contributed by atoms with Crippen molar-refractivity contribution in [1.82, 2.24) is 5.16 Å². The highest BCUT2D eigenvalue weighted by molar-refractivity contribution is 5.86. The SMILES string of the molecule is CC(=O)C[C@@H](c1ccc(OCc2ccc(C=N)c(NCC3CC3)c2)cc1)c1ccon1. The quantitative estimate of drug-likeness (QED) is 0.420. The van der Waals surface area contributed by atoms with Crippen molar-refractivity contribution in [3.63, 3.8) is 0 Å². The Morgan fingerprint density at radius 3 is 2.71 bits per heavy atom. The maximum absolute atomic E-state index is 11.7. The Bertz CT molecular complexity index is 1020. The number of carbonyl (C=O) groups is 1. The zero-order valence-electron chi connectivity index (χ0n) is 17.6. The molecule has 3 aromatic rings. The molecule has 0 bridgehead atoms. The first-order valence-electron chi connectivity index (χ1n) is 10.6. The number of carbonyl (C=O) groups excluding carboxylic acids is 1. The predicted octanol–water partition coefficient (Wildman–Crippen LogP) is 5.18. The van der Waals surface area contributed by atoms with E-state index < -0.39 is 0 Å². The van der Waals surface area contributed by atoms with Crippen LogP contribution in [0.4, 0.5) is 5.69 Å². The molecule has 31 heavy (non-hydrogen) atoms. The average Bonchev–Trinajstić information content (AvgIpc) is 3.46. The number of hydrogen-bond acceptors (Lipinski definition) is 6. The van der Waals surface area contributed by atoms with Gasteiger partial charge in [-0.1, -0.05) is 29.4 Å². The van der Waals surface area contributed by atoms with Crippen molar-refractivity contribution in [3.8, 4) is 5.75 Å². The Labute approximate surface area is 182 Å². The average molecular weight is 418 g/mol. The van der Waals surface area contributed by atoms with E-state index in [1.807, 2.05) is 36.4 Å². The van der Waals surface area contributed by atoms with Crippen molar-refractivity contribution in [2.24, 2.45) is 5.92 Å². The molecule has 1 atom stereocenters. The Balaban J connectivity index is 1.41. The fourth-order valence-corrected chi connectivity index (χ4v) is 3.59. The van der Waals surface area contributed by atoms with Gasteiger partial charge in [0.2, 0.25) is 0 Å². The number of rotatable bonds is 11. The van der Waals surface area contributed by atoms with Gasteiger partial charge in [0, 0.05) is 42.4 Å². The summed E-state index contributed by atoms with van der Waals surface area (Å²) in [6.45, 7) is 2.98. The summed E-state index contributed by atoms with van der Waals surface area (Å²) in [5.41, 5.74) is 4.67. The van der Waals surface area contributed by atoms with E-state index in [2.05, 4.69) is 16.5 Å². The first kappa shape index (κ1) is 20.8. The van der Waals surface area contributed by atoms with Crippen LogP contribution in [-0.2, 0) is 11.4 Å². The number of anilines is 1. The number of ketones is 1. The molecule has 1 aliphatic carbocycles. The van der Waals surface area contributed by atoms with Gasteiger partial charge in [-0.25, -0.2) is 0 Å². The fourth-order valence-electron chi connectivity index (χ4n) is 3.59. The molecule has 6 heteroatoms. The summed E-state index contributed by atoms with van der Waals surface area (Å²) < 4.78 is 10.9. The van der Waals surface area contributed by atoms with Crippen LogP contribution in [0.15, 0.2) is 59.3 Å². The van der Waals surface area contributed by atoms with E-state index in [9.17, 15) is 4.79 Å². The summed E-state index contributed by atoms with van der Waals surface area (Å²) in [6, 6.07) is 15.6. The predicted molar refractivity (Wildman–Crippen MR) is 120 cm³/mol. The van der Waals surface area contributed by atoms with Gasteiger partial charge in [0.25, 0.3) is 0 Å². The Morgan fingerprint density at radius 2 is 2.06 bits per heavy atom. The van der Waals surface area contributed by atoms with Crippen LogP contribution < -0.4 is 10.1 Å². The normalized spacial score (nSPS) is 14.1. The molecule has 1 saturated carbocycles. The van der Waals surface area contributed by atoms with Crippen molar-refractivity contribution < 1.29 is 14.1 Å². The number of hydrogen-bond donors (Lipinski definition) is 2. The molecule has 2 N–H and O–H groups in total. The summed E-state index contributed by atoms with van der Waals surface area (Å²) >= 11 is 0. The molecular formula is C25H27N3O3. The molecule has 0 radical (unpaired) electrons. The third-order valence-electron chi connectivity index (χ3n) is 5.55. The molecule has 1 aromatic heterocycles. The van der Waals surface area contributed by atoms with Crippen LogP contribution in [0.2, 0.25) is 0 Å². The summed E-state index contributed by atoms with van der Waals surface area (Å²) in [5.74, 6) is 1.50. The van der Waals surface area contributed by atoms with E-state index in [4.69, 9.17) is 14.7 Å². The van der Waals surface area contributed by atoms with Crippen molar-refractivity contribution >= 4 is 17.7 Å². The number of ether oxygens (including phenoxy) is 1. The lowest BCUT2D eigenvalue weighted by Crippen LogP contribution is -2.07. The lowest BCUT2D eigenvalue weighted by molar-refractivity contribution is -0.117. The van der Waals surface area contributed by atoms with Crippen LogP contribution in [0.25, 0.3) is 0 Å². The van der Waals surface area contributed by atoms with E-state index >= 15 is 0 Å². The van der Waals surface area contributed by atoms with Gasteiger partial charge in [0.1, 0.15) is 24.4 Å². The fraction of sp³-hybridized carbons (Fsp3) is 0.320. The molecule has 0 spiro atoms. The summed E-state index contributed by atoms with van der Waals surface area (Å²) in [6.07, 6.45) is 5.86. The van der Waals surface area contributed by atoms with Gasteiger partial charge in [-0.05, 0) is 55.0 Å². The highest BCUT2D eigenvalue weighted by Crippen LogP contribution is 2.30. The van der Waals surface area contributed by atoms with Crippen LogP contribution in [-0.4, -0.2) is 23.7 Å². The third-order valence-corrected chi connectivity index (χ3v) is 5.55. The summed E-state index contributed by atoms with van der Waals surface area (Å²) in [4.78, 5) is 11.7. The minimum absolute atomic E-state index is 0.104. The van der Waals surface area contributed by atoms with Crippen molar-refractivity contribution in [2.45, 2.75) is 38.7 Å². The molecular weight excluding hydrogens is 390 g/mol. The number of nitrogens with one attached hydrogen (secondary N) is 2. The van der Waals surface area contributed by atoms with E-state index in [1.54, 1.807) is 13.0 Å². The first-order chi connectivity index (χ1) is 15.1. The van der Waals surface area contributed by atoms with Gasteiger partial charge >= 0.3 is 0 Å². The Kier molecular flexibility index (Phi) is 6.46. The number of aromatic nitrogens is 1. The van der Waals surface area contributed by atoms with Gasteiger partial charge in [-0.15, -0.1) is 0 Å². The van der Waals surface area contributed by atoms with E-state index in [0.29, 0.717) is 13.0 Å². The Hall–Kier alpha value is -3.41. The number of Topliss-reactive ketones (excluding diaryl/α,β-unsaturated/α-hetero) is 1. The van der Waals surface area contributed by atoms with Gasteiger partial charge in [-0.3, -0.25) is 4.79 Å². The number of nitrogens with zero attached hydrogens (tertiary/aromatic N) is 1. The smallest absolute Gasteiger partial charge is 0.130 e. The molecule has 0 unspecified atom stereocenters. The van der Waals surface area contributed by atoms with Crippen LogP contribution in [0.3, 0.4) is 0 Å². The van der Waals surface area contributed by atoms with Gasteiger partial charge in [0.05, 0.1) is 5.69 Å². The molecule has 1 heterocycles. The maximum atomic E-state index is 11.7. The summed E-state index contributed by atoms with van der Waals surface area (Å²) in [7, 11) is 0. The third kappa shape index (κ3) is 5.60. The van der Waals surface area contributed by atoms with Gasteiger partial charge < -0.3 is 20.0 Å². The second-order valence-electron chi connectivity index (χ2n) is 8.13. The minimum atomic E-state index is -0.126. The molecule has 0 aliphatic heterocycles. The first-order valence-corrected chi connectivity index (χ1v) is 10.6. The molecule has 1 aliphatic rings. The zero-order valence-corrected chi connectivity index (χ0v) is 17.6. The van der Waals surface area contributed by atoms with Crippen molar-refractivity contribution in [3.05, 3.63) is 77.2 Å². The minimum Gasteiger partial charge on any atom is -0.489 e. The van der Waals surface area contributed by atoms with Gasteiger partial charge in [0.15, 0.2) is 0 Å². The van der Waals surface area contributed by atoms with E-state index in [-0.39, 0.29) is 11.7 Å². The molecule has 1 fully saturated rings. The zero-order chi connectivity index (χ0) is 21.6. The molecule has 0 saturated heterocycles. The van der Waals surface area contributed by atoms with Crippen molar-refractivity contribution in [1.29, 1.82) is 5.41 Å². The highest BCUT2D eigenvalue weighted by Gasteiger charge is 2.21. The monoisotopic (exact) mass is 417 g/mol.